The number of benzene rings is 3. The molecule has 0 saturated heterocycles. The average molecular weight is 484 g/mol. The maximum atomic E-state index is 13.9. The van der Waals surface area contributed by atoms with E-state index in [0.29, 0.717) is 13.0 Å². The Bertz CT molecular complexity index is 1330. The number of fused-ring (bicyclic) bond motifs is 2. The van der Waals surface area contributed by atoms with Gasteiger partial charge in [0.1, 0.15) is 0 Å². The van der Waals surface area contributed by atoms with Crippen molar-refractivity contribution in [2.75, 3.05) is 19.1 Å². The molecule has 1 unspecified atom stereocenters. The summed E-state index contributed by atoms with van der Waals surface area (Å²) in [6.07, 6.45) is 1.07. The van der Waals surface area contributed by atoms with E-state index in [1.807, 2.05) is 72.5 Å². The van der Waals surface area contributed by atoms with Crippen LogP contribution in [0.25, 0.3) is 0 Å². The van der Waals surface area contributed by atoms with E-state index in [1.54, 1.807) is 0 Å². The van der Waals surface area contributed by atoms with Gasteiger partial charge in [-0.2, -0.15) is 0 Å². The molecule has 36 heavy (non-hydrogen) atoms. The predicted octanol–water partition coefficient (Wildman–Crippen LogP) is 4.16. The van der Waals surface area contributed by atoms with Crippen molar-refractivity contribution in [3.05, 3.63) is 101 Å². The van der Waals surface area contributed by atoms with Crippen molar-refractivity contribution in [2.24, 2.45) is 5.41 Å². The lowest BCUT2D eigenvalue weighted by Gasteiger charge is -2.25. The van der Waals surface area contributed by atoms with E-state index in [-0.39, 0.29) is 18.7 Å². The van der Waals surface area contributed by atoms with Crippen LogP contribution in [0.1, 0.15) is 34.7 Å². The Morgan fingerprint density at radius 2 is 1.47 bits per heavy atom. The van der Waals surface area contributed by atoms with E-state index in [1.165, 1.54) is 14.2 Å². The quantitative estimate of drug-likeness (QED) is 0.389. The second kappa shape index (κ2) is 8.94. The normalized spacial score (nSPS) is 19.5. The van der Waals surface area contributed by atoms with Crippen LogP contribution in [0.4, 0.5) is 5.69 Å². The van der Waals surface area contributed by atoms with Gasteiger partial charge in [-0.15, -0.1) is 0 Å². The fourth-order valence-corrected chi connectivity index (χ4v) is 5.80. The number of ether oxygens (including phenoxy) is 2. The minimum atomic E-state index is -1.37. The summed E-state index contributed by atoms with van der Waals surface area (Å²) in [7, 11) is 2.56. The maximum Gasteiger partial charge on any atom is 0.323 e. The molecule has 6 heteroatoms. The second-order valence-electron chi connectivity index (χ2n) is 9.92. The molecule has 2 aliphatic rings. The Morgan fingerprint density at radius 1 is 0.833 bits per heavy atom. The van der Waals surface area contributed by atoms with E-state index < -0.39 is 22.8 Å². The number of methoxy groups -OCH3 is 2. The molecule has 0 spiro atoms. The Kier molecular flexibility index (Phi) is 5.91. The SMILES string of the molecule is COC(=O)C1(C(=O)OC)Cc2ccc(CN3C(=O)C(C)(Cc4ccccc4)c4ccccc43)cc2C1. The van der Waals surface area contributed by atoms with Crippen molar-refractivity contribution in [1.82, 2.24) is 0 Å². The van der Waals surface area contributed by atoms with Gasteiger partial charge in [-0.1, -0.05) is 66.7 Å². The Balaban J connectivity index is 1.45. The molecule has 3 aromatic carbocycles. The smallest absolute Gasteiger partial charge is 0.323 e. The van der Waals surface area contributed by atoms with Crippen LogP contribution in [0.2, 0.25) is 0 Å². The number of amides is 1. The number of hydrogen-bond acceptors (Lipinski definition) is 5. The van der Waals surface area contributed by atoms with Gasteiger partial charge in [0.15, 0.2) is 5.41 Å². The zero-order valence-electron chi connectivity index (χ0n) is 20.7. The molecule has 1 aliphatic heterocycles. The summed E-state index contributed by atoms with van der Waals surface area (Å²) in [5, 5.41) is 0. The number of para-hydroxylation sites is 1. The number of carbonyl (C=O) groups is 3. The molecule has 1 atom stereocenters. The third kappa shape index (κ3) is 3.68. The summed E-state index contributed by atoms with van der Waals surface area (Å²) in [6, 6.07) is 23.9. The van der Waals surface area contributed by atoms with Gasteiger partial charge >= 0.3 is 11.9 Å². The van der Waals surface area contributed by atoms with Gasteiger partial charge in [0, 0.05) is 5.69 Å². The van der Waals surface area contributed by atoms with Gasteiger partial charge in [-0.3, -0.25) is 14.4 Å². The first-order valence-electron chi connectivity index (χ1n) is 12.1. The molecular formula is C30H29NO5. The van der Waals surface area contributed by atoms with Gasteiger partial charge in [0.2, 0.25) is 5.91 Å². The van der Waals surface area contributed by atoms with E-state index in [0.717, 1.165) is 33.5 Å². The first-order chi connectivity index (χ1) is 17.3. The summed E-state index contributed by atoms with van der Waals surface area (Å²) < 4.78 is 9.92. The highest BCUT2D eigenvalue weighted by Crippen LogP contribution is 2.45. The van der Waals surface area contributed by atoms with Crippen LogP contribution in [0.3, 0.4) is 0 Å². The number of hydrogen-bond donors (Lipinski definition) is 0. The van der Waals surface area contributed by atoms with Crippen LogP contribution in [-0.4, -0.2) is 32.1 Å². The second-order valence-corrected chi connectivity index (χ2v) is 9.92. The molecule has 1 aliphatic carbocycles. The van der Waals surface area contributed by atoms with Crippen molar-refractivity contribution < 1.29 is 23.9 Å². The zero-order chi connectivity index (χ0) is 25.5. The molecule has 0 fully saturated rings. The predicted molar refractivity (Wildman–Crippen MR) is 135 cm³/mol. The number of rotatable bonds is 6. The number of esters is 2. The lowest BCUT2D eigenvalue weighted by atomic mass is 9.78. The largest absolute Gasteiger partial charge is 0.468 e. The first-order valence-corrected chi connectivity index (χ1v) is 12.1. The standard InChI is InChI=1S/C30H29NO5/c1-29(16-20-9-5-4-6-10-20)24-11-7-8-12-25(24)31(26(29)32)19-21-13-14-22-17-30(27(33)35-2,28(34)36-3)18-23(22)15-21/h4-15H,16-19H2,1-3H3. The van der Waals surface area contributed by atoms with Crippen LogP contribution in [0, 0.1) is 5.41 Å². The molecule has 3 aromatic rings. The van der Waals surface area contributed by atoms with E-state index >= 15 is 0 Å². The highest BCUT2D eigenvalue weighted by Gasteiger charge is 2.53. The molecule has 5 rings (SSSR count). The molecule has 0 aromatic heterocycles. The van der Waals surface area contributed by atoms with Crippen LogP contribution >= 0.6 is 0 Å². The molecule has 0 N–H and O–H groups in total. The monoisotopic (exact) mass is 483 g/mol. The fourth-order valence-electron chi connectivity index (χ4n) is 5.80. The third-order valence-electron chi connectivity index (χ3n) is 7.66. The molecule has 0 saturated carbocycles. The highest BCUT2D eigenvalue weighted by atomic mass is 16.5. The molecule has 0 radical (unpaired) electrons. The third-order valence-corrected chi connectivity index (χ3v) is 7.66. The molecule has 1 amide bonds. The number of carbonyl (C=O) groups excluding carboxylic acids is 3. The molecule has 1 heterocycles. The molecule has 184 valence electrons. The van der Waals surface area contributed by atoms with Crippen molar-refractivity contribution in [2.45, 2.75) is 38.1 Å². The van der Waals surface area contributed by atoms with Crippen LogP contribution in [0.5, 0.6) is 0 Å². The molecular weight excluding hydrogens is 454 g/mol. The highest BCUT2D eigenvalue weighted by molar-refractivity contribution is 6.08. The van der Waals surface area contributed by atoms with Crippen molar-refractivity contribution in [3.63, 3.8) is 0 Å². The summed E-state index contributed by atoms with van der Waals surface area (Å²) in [6.45, 7) is 2.42. The van der Waals surface area contributed by atoms with Crippen LogP contribution < -0.4 is 4.90 Å². The lowest BCUT2D eigenvalue weighted by Crippen LogP contribution is -2.42. The van der Waals surface area contributed by atoms with Gasteiger partial charge in [-0.25, -0.2) is 0 Å². The average Bonchev–Trinajstić information content (AvgIpc) is 3.39. The number of nitrogens with zero attached hydrogens (tertiary/aromatic N) is 1. The summed E-state index contributed by atoms with van der Waals surface area (Å²) in [5.41, 5.74) is 3.77. The number of anilines is 1. The Morgan fingerprint density at radius 3 is 2.17 bits per heavy atom. The van der Waals surface area contributed by atoms with Gasteiger partial charge in [0.05, 0.1) is 26.2 Å². The van der Waals surface area contributed by atoms with Crippen LogP contribution in [-0.2, 0) is 55.1 Å². The van der Waals surface area contributed by atoms with Crippen LogP contribution in [0.15, 0.2) is 72.8 Å². The Labute approximate surface area is 210 Å². The summed E-state index contributed by atoms with van der Waals surface area (Å²) in [5.74, 6) is -1.12. The first kappa shape index (κ1) is 23.8. The minimum Gasteiger partial charge on any atom is -0.468 e. The topological polar surface area (TPSA) is 72.9 Å². The van der Waals surface area contributed by atoms with Crippen molar-refractivity contribution in [3.8, 4) is 0 Å². The fraction of sp³-hybridized carbons (Fsp3) is 0.300. The molecule has 6 nitrogen and oxygen atoms in total. The van der Waals surface area contributed by atoms with Gasteiger partial charge in [-0.05, 0) is 60.1 Å². The van der Waals surface area contributed by atoms with E-state index in [9.17, 15) is 14.4 Å². The van der Waals surface area contributed by atoms with Gasteiger partial charge < -0.3 is 14.4 Å². The van der Waals surface area contributed by atoms with E-state index in [2.05, 4.69) is 12.1 Å². The zero-order valence-corrected chi connectivity index (χ0v) is 20.7. The molecule has 0 bridgehead atoms. The Hall–Kier alpha value is -3.93. The summed E-state index contributed by atoms with van der Waals surface area (Å²) >= 11 is 0. The summed E-state index contributed by atoms with van der Waals surface area (Å²) in [4.78, 5) is 40.9. The van der Waals surface area contributed by atoms with Crippen molar-refractivity contribution in [1.29, 1.82) is 0 Å². The van der Waals surface area contributed by atoms with E-state index in [4.69, 9.17) is 9.47 Å². The van der Waals surface area contributed by atoms with Gasteiger partial charge in [0.25, 0.3) is 0 Å². The maximum absolute atomic E-state index is 13.9. The lowest BCUT2D eigenvalue weighted by molar-refractivity contribution is -0.168. The van der Waals surface area contributed by atoms with Crippen molar-refractivity contribution >= 4 is 23.5 Å². The minimum absolute atomic E-state index is 0.0616.